The van der Waals surface area contributed by atoms with E-state index >= 15 is 0 Å². The largest absolute Gasteiger partial charge is 0.442 e. The van der Waals surface area contributed by atoms with Crippen molar-refractivity contribution in [2.24, 2.45) is 10.1 Å². The lowest BCUT2D eigenvalue weighted by atomic mass is 10.3. The summed E-state index contributed by atoms with van der Waals surface area (Å²) < 4.78 is 10.7. The first kappa shape index (κ1) is 16.1. The van der Waals surface area contributed by atoms with Crippen molar-refractivity contribution in [3.05, 3.63) is 73.1 Å². The van der Waals surface area contributed by atoms with Crippen LogP contribution in [0.4, 0.5) is 5.69 Å². The summed E-state index contributed by atoms with van der Waals surface area (Å²) in [6, 6.07) is 18.3. The van der Waals surface area contributed by atoms with Crippen LogP contribution >= 0.6 is 0 Å². The molecule has 25 heavy (non-hydrogen) atoms. The van der Waals surface area contributed by atoms with Crippen LogP contribution in [0, 0.1) is 0 Å². The highest BCUT2D eigenvalue weighted by molar-refractivity contribution is 5.58. The molecule has 0 atom stereocenters. The quantitative estimate of drug-likeness (QED) is 0.371. The molecule has 0 aliphatic heterocycles. The highest BCUT2D eigenvalue weighted by Crippen LogP contribution is 2.21. The number of hydrogen-bond donors (Lipinski definition) is 0. The van der Waals surface area contributed by atoms with Gasteiger partial charge in [-0.1, -0.05) is 18.2 Å². The molecule has 3 rings (SSSR count). The maximum atomic E-state index is 5.49. The molecule has 0 amide bonds. The van der Waals surface area contributed by atoms with Crippen LogP contribution in [0.25, 0.3) is 0 Å². The van der Waals surface area contributed by atoms with Crippen LogP contribution in [0.5, 0.6) is 17.5 Å². The van der Waals surface area contributed by atoms with Crippen molar-refractivity contribution in [3.63, 3.8) is 0 Å². The molecular weight excluding hydrogens is 320 g/mol. The van der Waals surface area contributed by atoms with Crippen LogP contribution in [0.3, 0.4) is 0 Å². The lowest BCUT2D eigenvalue weighted by Crippen LogP contribution is -1.90. The fourth-order valence-electron chi connectivity index (χ4n) is 1.76. The summed E-state index contributed by atoms with van der Waals surface area (Å²) in [5.74, 6) is 1.28. The van der Waals surface area contributed by atoms with Gasteiger partial charge < -0.3 is 14.3 Å². The van der Waals surface area contributed by atoms with Crippen LogP contribution in [-0.2, 0) is 4.84 Å². The van der Waals surface area contributed by atoms with Crippen molar-refractivity contribution in [1.29, 1.82) is 0 Å². The molecule has 1 aromatic heterocycles. The summed E-state index contributed by atoms with van der Waals surface area (Å²) >= 11 is 0. The molecule has 3 aromatic rings. The Morgan fingerprint density at radius 2 is 1.52 bits per heavy atom. The highest BCUT2D eigenvalue weighted by atomic mass is 16.6. The van der Waals surface area contributed by atoms with E-state index in [0.717, 1.165) is 0 Å². The Labute approximate surface area is 144 Å². The smallest absolute Gasteiger partial charge is 0.321 e. The van der Waals surface area contributed by atoms with E-state index in [9.17, 15) is 0 Å². The van der Waals surface area contributed by atoms with Crippen LogP contribution < -0.4 is 9.47 Å². The van der Waals surface area contributed by atoms with Crippen molar-refractivity contribution in [1.82, 2.24) is 9.97 Å². The summed E-state index contributed by atoms with van der Waals surface area (Å²) in [6.45, 7) is 0. The Bertz CT molecular complexity index is 822. The number of hydrogen-bond acceptors (Lipinski definition) is 7. The highest BCUT2D eigenvalue weighted by Gasteiger charge is 1.98. The Balaban J connectivity index is 1.45. The van der Waals surface area contributed by atoms with Gasteiger partial charge in [0, 0.05) is 12.4 Å². The van der Waals surface area contributed by atoms with Crippen molar-refractivity contribution < 1.29 is 14.3 Å². The molecule has 0 saturated heterocycles. The van der Waals surface area contributed by atoms with Crippen molar-refractivity contribution >= 4 is 18.5 Å². The maximum absolute atomic E-state index is 5.49. The molecule has 7 nitrogen and oxygen atoms in total. The van der Waals surface area contributed by atoms with Gasteiger partial charge in [-0.25, -0.2) is 15.0 Å². The van der Waals surface area contributed by atoms with Crippen LogP contribution in [0.2, 0.25) is 0 Å². The number of aromatic nitrogens is 2. The molecule has 0 saturated carbocycles. The third-order valence-electron chi connectivity index (χ3n) is 2.87. The van der Waals surface area contributed by atoms with E-state index < -0.39 is 0 Å². The predicted octanol–water partition coefficient (Wildman–Crippen LogP) is 3.97. The number of nitrogens with zero attached hydrogens (tertiary/aromatic N) is 4. The number of para-hydroxylation sites is 1. The number of benzene rings is 2. The first-order chi connectivity index (χ1) is 12.4. The Morgan fingerprint density at radius 1 is 0.760 bits per heavy atom. The topological polar surface area (TPSA) is 78.2 Å². The zero-order valence-corrected chi connectivity index (χ0v) is 13.1. The van der Waals surface area contributed by atoms with Gasteiger partial charge in [-0.2, -0.15) is 0 Å². The first-order valence-electron chi connectivity index (χ1n) is 7.37. The van der Waals surface area contributed by atoms with Crippen LogP contribution in [0.1, 0.15) is 0 Å². The molecule has 0 radical (unpaired) electrons. The van der Waals surface area contributed by atoms with Gasteiger partial charge in [-0.15, -0.1) is 0 Å². The number of oxime groups is 1. The number of aliphatic imine (C=N–C) groups is 1. The average Bonchev–Trinajstić information content (AvgIpc) is 2.67. The summed E-state index contributed by atoms with van der Waals surface area (Å²) in [7, 11) is 0. The fourth-order valence-corrected chi connectivity index (χ4v) is 1.76. The minimum absolute atomic E-state index is 0.287. The minimum Gasteiger partial charge on any atom is -0.442 e. The van der Waals surface area contributed by atoms with E-state index in [2.05, 4.69) is 20.1 Å². The van der Waals surface area contributed by atoms with E-state index in [1.165, 1.54) is 12.8 Å². The summed E-state index contributed by atoms with van der Waals surface area (Å²) in [4.78, 5) is 17.0. The maximum Gasteiger partial charge on any atom is 0.321 e. The second-order valence-corrected chi connectivity index (χ2v) is 4.61. The standard InChI is InChI=1S/C18H14N4O3/c1-2-5-16(6-3-1)23-14-22-24-13-21-15-7-9-17(10-8-15)25-18-19-11-4-12-20-18/h1-14H/b21-13?,22-14+. The molecule has 0 spiro atoms. The van der Waals surface area contributed by atoms with E-state index in [4.69, 9.17) is 14.3 Å². The zero-order valence-electron chi connectivity index (χ0n) is 13.1. The molecular formula is C18H14N4O3. The van der Waals surface area contributed by atoms with E-state index in [-0.39, 0.29) is 6.01 Å². The number of ether oxygens (including phenoxy) is 2. The first-order valence-corrected chi connectivity index (χ1v) is 7.37. The third-order valence-corrected chi connectivity index (χ3v) is 2.87. The Kier molecular flexibility index (Phi) is 5.66. The second kappa shape index (κ2) is 8.78. The van der Waals surface area contributed by atoms with Gasteiger partial charge >= 0.3 is 6.01 Å². The van der Waals surface area contributed by atoms with Gasteiger partial charge in [0.15, 0.2) is 0 Å². The fraction of sp³-hybridized carbons (Fsp3) is 0. The van der Waals surface area contributed by atoms with Crippen molar-refractivity contribution in [2.45, 2.75) is 0 Å². The molecule has 124 valence electrons. The normalized spacial score (nSPS) is 10.9. The molecule has 2 aromatic carbocycles. The predicted molar refractivity (Wildman–Crippen MR) is 93.3 cm³/mol. The van der Waals surface area contributed by atoms with E-state index in [1.54, 1.807) is 42.7 Å². The van der Waals surface area contributed by atoms with Gasteiger partial charge in [0.2, 0.25) is 12.8 Å². The summed E-state index contributed by atoms with van der Waals surface area (Å²) in [6.07, 6.45) is 5.62. The summed E-state index contributed by atoms with van der Waals surface area (Å²) in [5, 5.41) is 3.62. The minimum atomic E-state index is 0.287. The van der Waals surface area contributed by atoms with E-state index in [0.29, 0.717) is 17.2 Å². The lowest BCUT2D eigenvalue weighted by molar-refractivity contribution is 0.335. The van der Waals surface area contributed by atoms with Gasteiger partial charge in [0.05, 0.1) is 5.69 Å². The van der Waals surface area contributed by atoms with Gasteiger partial charge in [-0.05, 0) is 47.6 Å². The van der Waals surface area contributed by atoms with E-state index in [1.807, 2.05) is 30.3 Å². The van der Waals surface area contributed by atoms with Crippen molar-refractivity contribution in [3.8, 4) is 17.5 Å². The van der Waals surface area contributed by atoms with Crippen LogP contribution in [-0.4, -0.2) is 22.8 Å². The molecule has 1 heterocycles. The second-order valence-electron chi connectivity index (χ2n) is 4.61. The number of rotatable bonds is 7. The molecule has 0 unspecified atom stereocenters. The van der Waals surface area contributed by atoms with Gasteiger partial charge in [0.25, 0.3) is 0 Å². The Hall–Kier alpha value is -3.74. The van der Waals surface area contributed by atoms with Crippen molar-refractivity contribution in [2.75, 3.05) is 0 Å². The molecule has 0 fully saturated rings. The summed E-state index contributed by atoms with van der Waals surface area (Å²) in [5.41, 5.74) is 0.681. The molecule has 7 heteroatoms. The zero-order chi connectivity index (χ0) is 17.2. The SMILES string of the molecule is C(=Nc1ccc(Oc2ncccn2)cc1)O/N=C/Oc1ccccc1. The Morgan fingerprint density at radius 3 is 2.28 bits per heavy atom. The molecule has 0 aliphatic rings. The monoisotopic (exact) mass is 334 g/mol. The molecule has 0 bridgehead atoms. The lowest BCUT2D eigenvalue weighted by Gasteiger charge is -2.02. The molecule has 0 N–H and O–H groups in total. The molecule has 0 aliphatic carbocycles. The van der Waals surface area contributed by atoms with Gasteiger partial charge in [0.1, 0.15) is 11.5 Å². The average molecular weight is 334 g/mol. The van der Waals surface area contributed by atoms with Gasteiger partial charge in [-0.3, -0.25) is 0 Å². The van der Waals surface area contributed by atoms with Crippen LogP contribution in [0.15, 0.2) is 83.2 Å². The third kappa shape index (κ3) is 5.43.